The van der Waals surface area contributed by atoms with E-state index in [0.29, 0.717) is 0 Å². The van der Waals surface area contributed by atoms with Gasteiger partial charge >= 0.3 is 0 Å². The number of nitrogens with one attached hydrogen (secondary N) is 2. The van der Waals surface area contributed by atoms with Gasteiger partial charge in [0.2, 0.25) is 0 Å². The maximum absolute atomic E-state index is 12.8. The monoisotopic (exact) mass is 383 g/mol. The lowest BCUT2D eigenvalue weighted by Gasteiger charge is -2.46. The number of hydrogen-bond donors (Lipinski definition) is 2. The number of rotatable bonds is 5. The summed E-state index contributed by atoms with van der Waals surface area (Å²) < 4.78 is 5.63. The van der Waals surface area contributed by atoms with Crippen LogP contribution in [0, 0.1) is 5.92 Å². The number of likely N-dealkylation sites (N-methyl/N-ethyl adjacent to an activating group) is 1. The van der Waals surface area contributed by atoms with Crippen molar-refractivity contribution in [1.82, 2.24) is 15.5 Å². The molecule has 5 nitrogen and oxygen atoms in total. The van der Waals surface area contributed by atoms with Gasteiger partial charge in [-0.2, -0.15) is 0 Å². The number of carbonyl (C=O) groups is 1. The summed E-state index contributed by atoms with van der Waals surface area (Å²) in [6.45, 7) is 4.73. The van der Waals surface area contributed by atoms with Gasteiger partial charge in [0.05, 0.1) is 0 Å². The van der Waals surface area contributed by atoms with Crippen LogP contribution in [0.15, 0.2) is 0 Å². The van der Waals surface area contributed by atoms with Gasteiger partial charge < -0.3 is 20.3 Å². The molecule has 1 amide bonds. The highest BCUT2D eigenvalue weighted by atomic mass is 35.5. The molecule has 0 aromatic heterocycles. The quantitative estimate of drug-likeness (QED) is 0.763. The highest BCUT2D eigenvalue weighted by Gasteiger charge is 2.42. The zero-order chi connectivity index (χ0) is 16.2. The molecule has 0 bridgehead atoms. The van der Waals surface area contributed by atoms with E-state index in [0.717, 1.165) is 51.2 Å². The van der Waals surface area contributed by atoms with Crippen LogP contribution in [-0.2, 0) is 9.53 Å². The minimum absolute atomic E-state index is 0. The van der Waals surface area contributed by atoms with E-state index < -0.39 is 5.60 Å². The molecule has 1 aliphatic carbocycles. The summed E-state index contributed by atoms with van der Waals surface area (Å²) in [6.07, 6.45) is 6.36. The summed E-state index contributed by atoms with van der Waals surface area (Å²) in [5.41, 5.74) is -0.547. The van der Waals surface area contributed by atoms with Crippen LogP contribution in [0.2, 0.25) is 0 Å². The van der Waals surface area contributed by atoms with Gasteiger partial charge in [0.1, 0.15) is 5.60 Å². The second-order valence-electron chi connectivity index (χ2n) is 7.45. The predicted molar refractivity (Wildman–Crippen MR) is 103 cm³/mol. The predicted octanol–water partition coefficient (Wildman–Crippen LogP) is 2.23. The molecular weight excluding hydrogens is 349 g/mol. The normalized spacial score (nSPS) is 29.3. The molecule has 2 atom stereocenters. The third-order valence-corrected chi connectivity index (χ3v) is 5.81. The number of methoxy groups -OCH3 is 1. The van der Waals surface area contributed by atoms with Crippen molar-refractivity contribution in [3.8, 4) is 0 Å². The van der Waals surface area contributed by atoms with Crippen LogP contribution in [0.3, 0.4) is 0 Å². The molecule has 2 aliphatic rings. The van der Waals surface area contributed by atoms with Crippen molar-refractivity contribution in [3.63, 3.8) is 0 Å². The highest BCUT2D eigenvalue weighted by molar-refractivity contribution is 5.86. The Morgan fingerprint density at radius 2 is 1.88 bits per heavy atom. The molecule has 1 saturated heterocycles. The summed E-state index contributed by atoms with van der Waals surface area (Å²) in [5, 5.41) is 6.52. The lowest BCUT2D eigenvalue weighted by Crippen LogP contribution is -2.60. The summed E-state index contributed by atoms with van der Waals surface area (Å²) in [4.78, 5) is 15.1. The van der Waals surface area contributed by atoms with Crippen molar-refractivity contribution in [2.45, 2.75) is 56.6 Å². The Morgan fingerprint density at radius 1 is 1.25 bits per heavy atom. The molecule has 0 aromatic carbocycles. The molecule has 1 heterocycles. The van der Waals surface area contributed by atoms with Gasteiger partial charge in [-0.3, -0.25) is 4.79 Å². The molecule has 2 unspecified atom stereocenters. The Morgan fingerprint density at radius 3 is 2.38 bits per heavy atom. The smallest absolute Gasteiger partial charge is 0.252 e. The highest BCUT2D eigenvalue weighted by Crippen LogP contribution is 2.35. The van der Waals surface area contributed by atoms with Gasteiger partial charge in [-0.05, 0) is 58.8 Å². The van der Waals surface area contributed by atoms with E-state index in [1.165, 1.54) is 12.8 Å². The summed E-state index contributed by atoms with van der Waals surface area (Å²) in [5.74, 6) is 0.791. The zero-order valence-corrected chi connectivity index (χ0v) is 17.2. The first-order valence-electron chi connectivity index (χ1n) is 8.66. The van der Waals surface area contributed by atoms with Crippen molar-refractivity contribution < 1.29 is 9.53 Å². The molecule has 2 rings (SSSR count). The number of amides is 1. The molecule has 0 spiro atoms. The van der Waals surface area contributed by atoms with Crippen LogP contribution < -0.4 is 10.6 Å². The molecule has 7 heteroatoms. The minimum Gasteiger partial charge on any atom is -0.368 e. The Kier molecular flexibility index (Phi) is 10.1. The van der Waals surface area contributed by atoms with Crippen molar-refractivity contribution in [2.24, 2.45) is 5.92 Å². The fourth-order valence-corrected chi connectivity index (χ4v) is 4.12. The first-order chi connectivity index (χ1) is 10.4. The van der Waals surface area contributed by atoms with E-state index in [4.69, 9.17) is 4.74 Å². The summed E-state index contributed by atoms with van der Waals surface area (Å²) >= 11 is 0. The molecular formula is C17H35Cl2N3O2. The molecule has 2 N–H and O–H groups in total. The third kappa shape index (κ3) is 5.21. The zero-order valence-electron chi connectivity index (χ0n) is 15.5. The van der Waals surface area contributed by atoms with E-state index in [1.807, 2.05) is 0 Å². The van der Waals surface area contributed by atoms with E-state index in [2.05, 4.69) is 36.6 Å². The van der Waals surface area contributed by atoms with E-state index in [-0.39, 0.29) is 36.3 Å². The molecule has 24 heavy (non-hydrogen) atoms. The number of halogens is 2. The van der Waals surface area contributed by atoms with Gasteiger partial charge in [0.15, 0.2) is 0 Å². The fraction of sp³-hybridized carbons (Fsp3) is 0.941. The number of piperidine rings is 1. The molecule has 1 aliphatic heterocycles. The average Bonchev–Trinajstić information content (AvgIpc) is 2.53. The Hall–Kier alpha value is -0.0700. The topological polar surface area (TPSA) is 53.6 Å². The van der Waals surface area contributed by atoms with Gasteiger partial charge in [0, 0.05) is 19.2 Å². The largest absolute Gasteiger partial charge is 0.368 e. The average molecular weight is 384 g/mol. The van der Waals surface area contributed by atoms with E-state index in [9.17, 15) is 4.79 Å². The maximum Gasteiger partial charge on any atom is 0.252 e. The van der Waals surface area contributed by atoms with Gasteiger partial charge in [0.25, 0.3) is 5.91 Å². The van der Waals surface area contributed by atoms with Crippen molar-refractivity contribution in [2.75, 3.05) is 40.8 Å². The van der Waals surface area contributed by atoms with Crippen LogP contribution in [0.1, 0.15) is 45.4 Å². The number of ether oxygens (including phenoxy) is 1. The molecule has 1 saturated carbocycles. The van der Waals surface area contributed by atoms with Crippen LogP contribution >= 0.6 is 24.8 Å². The third-order valence-electron chi connectivity index (χ3n) is 5.81. The van der Waals surface area contributed by atoms with E-state index in [1.54, 1.807) is 7.11 Å². The Bertz CT molecular complexity index is 390. The van der Waals surface area contributed by atoms with E-state index >= 15 is 0 Å². The van der Waals surface area contributed by atoms with Crippen LogP contribution in [-0.4, -0.2) is 62.8 Å². The first kappa shape index (κ1) is 23.9. The molecule has 0 radical (unpaired) electrons. The Balaban J connectivity index is 0.00000264. The lowest BCUT2D eigenvalue weighted by molar-refractivity contribution is -0.147. The molecule has 2 fully saturated rings. The van der Waals surface area contributed by atoms with Crippen LogP contribution in [0.25, 0.3) is 0 Å². The fourth-order valence-electron chi connectivity index (χ4n) is 4.12. The second kappa shape index (κ2) is 10.2. The minimum atomic E-state index is -0.640. The van der Waals surface area contributed by atoms with Crippen molar-refractivity contribution in [3.05, 3.63) is 0 Å². The summed E-state index contributed by atoms with van der Waals surface area (Å²) in [6, 6.07) is 0. The first-order valence-corrected chi connectivity index (χ1v) is 8.66. The Labute approximate surface area is 159 Å². The molecule has 144 valence electrons. The number of nitrogens with zero attached hydrogens (tertiary/aromatic N) is 1. The summed E-state index contributed by atoms with van der Waals surface area (Å²) in [7, 11) is 5.94. The van der Waals surface area contributed by atoms with Crippen molar-refractivity contribution >= 4 is 30.7 Å². The van der Waals surface area contributed by atoms with Gasteiger partial charge in [-0.1, -0.05) is 19.8 Å². The van der Waals surface area contributed by atoms with Crippen LogP contribution in [0.4, 0.5) is 0 Å². The molecule has 0 aromatic rings. The number of carbonyl (C=O) groups excluding carboxylic acids is 1. The van der Waals surface area contributed by atoms with Crippen molar-refractivity contribution in [1.29, 1.82) is 0 Å². The van der Waals surface area contributed by atoms with Gasteiger partial charge in [-0.25, -0.2) is 0 Å². The SMILES string of the molecule is COC1(C(=O)NCC2(N(C)C)CCCC(C)C2)CCNCC1.Cl.Cl. The lowest BCUT2D eigenvalue weighted by atomic mass is 9.75. The van der Waals surface area contributed by atoms with Gasteiger partial charge in [-0.15, -0.1) is 24.8 Å². The number of hydrogen-bond acceptors (Lipinski definition) is 4. The van der Waals surface area contributed by atoms with Crippen LogP contribution in [0.5, 0.6) is 0 Å². The maximum atomic E-state index is 12.8. The standard InChI is InChI=1S/C17H33N3O2.2ClH/c1-14-6-5-7-16(12-14,20(2)3)13-19-15(21)17(22-4)8-10-18-11-9-17;;/h14,18H,5-13H2,1-4H3,(H,19,21);2*1H. The second-order valence-corrected chi connectivity index (χ2v) is 7.45.